The van der Waals surface area contributed by atoms with Crippen molar-refractivity contribution in [3.05, 3.63) is 35.9 Å². The van der Waals surface area contributed by atoms with Crippen molar-refractivity contribution >= 4 is 28.5 Å². The second-order valence-corrected chi connectivity index (χ2v) is 7.15. The van der Waals surface area contributed by atoms with E-state index in [4.69, 9.17) is 0 Å². The number of para-hydroxylation sites is 1. The molecule has 2 N–H and O–H groups in total. The Morgan fingerprint density at radius 2 is 1.77 bits per heavy atom. The van der Waals surface area contributed by atoms with E-state index in [9.17, 15) is 14.7 Å². The van der Waals surface area contributed by atoms with Crippen molar-refractivity contribution in [3.63, 3.8) is 0 Å². The van der Waals surface area contributed by atoms with Crippen LogP contribution >= 0.6 is 0 Å². The first-order chi connectivity index (χ1) is 12.7. The van der Waals surface area contributed by atoms with Crippen LogP contribution in [0.15, 0.2) is 30.3 Å². The predicted molar refractivity (Wildman–Crippen MR) is 98.4 cm³/mol. The van der Waals surface area contributed by atoms with Crippen LogP contribution in [0.25, 0.3) is 10.9 Å². The van der Waals surface area contributed by atoms with Crippen LogP contribution in [0, 0.1) is 0 Å². The molecule has 0 radical (unpaired) electrons. The number of pyridine rings is 1. The van der Waals surface area contributed by atoms with E-state index in [-0.39, 0.29) is 30.5 Å². The van der Waals surface area contributed by atoms with Gasteiger partial charge in [-0.1, -0.05) is 18.2 Å². The van der Waals surface area contributed by atoms with Crippen LogP contribution in [-0.4, -0.2) is 38.9 Å². The minimum absolute atomic E-state index is 0.0230. The van der Waals surface area contributed by atoms with Crippen LogP contribution in [0.1, 0.15) is 44.1 Å². The summed E-state index contributed by atoms with van der Waals surface area (Å²) in [6.07, 6.45) is 4.10. The van der Waals surface area contributed by atoms with Crippen LogP contribution in [0.3, 0.4) is 0 Å². The summed E-state index contributed by atoms with van der Waals surface area (Å²) in [7, 11) is 0. The molecule has 1 aromatic heterocycles. The zero-order valence-electron chi connectivity index (χ0n) is 14.6. The van der Waals surface area contributed by atoms with Gasteiger partial charge in [-0.2, -0.15) is 0 Å². The number of likely N-dealkylation sites (tertiary alicyclic amines) is 1. The Kier molecular flexibility index (Phi) is 4.59. The quantitative estimate of drug-likeness (QED) is 0.826. The minimum Gasteiger partial charge on any atom is -0.392 e. The largest absolute Gasteiger partial charge is 0.392 e. The van der Waals surface area contributed by atoms with Gasteiger partial charge in [0.15, 0.2) is 0 Å². The Hall–Kier alpha value is -2.47. The number of aliphatic hydroxyl groups is 1. The van der Waals surface area contributed by atoms with Gasteiger partial charge in [-0.05, 0) is 37.8 Å². The fourth-order valence-corrected chi connectivity index (χ4v) is 4.08. The summed E-state index contributed by atoms with van der Waals surface area (Å²) < 4.78 is 0. The van der Waals surface area contributed by atoms with Gasteiger partial charge in [0.1, 0.15) is 5.82 Å². The first kappa shape index (κ1) is 17.0. The van der Waals surface area contributed by atoms with Gasteiger partial charge < -0.3 is 10.4 Å². The molecule has 0 bridgehead atoms. The molecule has 26 heavy (non-hydrogen) atoms. The SMILES string of the molecule is O=C1CCC(=O)N1C1CCC(Nc2nc3ccccc3cc2CO)CC1. The second-order valence-electron chi connectivity index (χ2n) is 7.15. The molecule has 6 heteroatoms. The number of anilines is 1. The minimum atomic E-state index is -0.0632. The molecule has 2 fully saturated rings. The predicted octanol–water partition coefficient (Wildman–Crippen LogP) is 2.60. The lowest BCUT2D eigenvalue weighted by Crippen LogP contribution is -2.43. The van der Waals surface area contributed by atoms with E-state index in [2.05, 4.69) is 10.3 Å². The first-order valence-electron chi connectivity index (χ1n) is 9.26. The number of carbonyl (C=O) groups excluding carboxylic acids is 2. The lowest BCUT2D eigenvalue weighted by atomic mass is 9.90. The highest BCUT2D eigenvalue weighted by atomic mass is 16.3. The molecule has 1 saturated heterocycles. The van der Waals surface area contributed by atoms with Gasteiger partial charge in [0.2, 0.25) is 11.8 Å². The normalized spacial score (nSPS) is 23.7. The first-order valence-corrected chi connectivity index (χ1v) is 9.26. The summed E-state index contributed by atoms with van der Waals surface area (Å²) in [4.78, 5) is 30.0. The second kappa shape index (κ2) is 7.03. The highest BCUT2D eigenvalue weighted by Crippen LogP contribution is 2.30. The Morgan fingerprint density at radius 1 is 1.08 bits per heavy atom. The number of aliphatic hydroxyl groups excluding tert-OH is 1. The fraction of sp³-hybridized carbons (Fsp3) is 0.450. The van der Waals surface area contributed by atoms with E-state index in [1.54, 1.807) is 0 Å². The number of benzene rings is 1. The number of hydrogen-bond acceptors (Lipinski definition) is 5. The number of nitrogens with zero attached hydrogens (tertiary/aromatic N) is 2. The van der Waals surface area contributed by atoms with Crippen molar-refractivity contribution in [2.45, 2.75) is 57.2 Å². The Balaban J connectivity index is 1.45. The molecule has 0 spiro atoms. The Bertz CT molecular complexity index is 827. The summed E-state index contributed by atoms with van der Waals surface area (Å²) in [6, 6.07) is 10.1. The van der Waals surface area contributed by atoms with Gasteiger partial charge in [-0.25, -0.2) is 4.98 Å². The number of imide groups is 1. The van der Waals surface area contributed by atoms with E-state index in [0.717, 1.165) is 48.0 Å². The maximum absolute atomic E-state index is 11.9. The molecule has 136 valence electrons. The third kappa shape index (κ3) is 3.17. The maximum Gasteiger partial charge on any atom is 0.229 e. The zero-order valence-corrected chi connectivity index (χ0v) is 14.6. The van der Waals surface area contributed by atoms with Gasteiger partial charge in [0, 0.05) is 35.9 Å². The lowest BCUT2D eigenvalue weighted by Gasteiger charge is -2.34. The summed E-state index contributed by atoms with van der Waals surface area (Å²) in [5, 5.41) is 14.2. The van der Waals surface area contributed by atoms with Crippen LogP contribution in [-0.2, 0) is 16.2 Å². The molecular formula is C20H23N3O3. The van der Waals surface area contributed by atoms with Crippen molar-refractivity contribution < 1.29 is 14.7 Å². The van der Waals surface area contributed by atoms with Gasteiger partial charge in [-0.3, -0.25) is 14.5 Å². The standard InChI is InChI=1S/C20H23N3O3/c24-12-14-11-13-3-1-2-4-17(13)22-20(14)21-15-5-7-16(8-6-15)23-18(25)9-10-19(23)26/h1-4,11,15-16,24H,5-10,12H2,(H,21,22). The number of aromatic nitrogens is 1. The average Bonchev–Trinajstić information content (AvgIpc) is 3.00. The zero-order chi connectivity index (χ0) is 18.1. The van der Waals surface area contributed by atoms with Crippen molar-refractivity contribution in [2.24, 2.45) is 0 Å². The lowest BCUT2D eigenvalue weighted by molar-refractivity contribution is -0.141. The number of hydrogen-bond donors (Lipinski definition) is 2. The Morgan fingerprint density at radius 3 is 2.46 bits per heavy atom. The number of amides is 2. The average molecular weight is 353 g/mol. The number of rotatable bonds is 4. The van der Waals surface area contributed by atoms with Crippen molar-refractivity contribution in [1.29, 1.82) is 0 Å². The molecule has 2 amide bonds. The topological polar surface area (TPSA) is 82.5 Å². The number of carbonyl (C=O) groups is 2. The van der Waals surface area contributed by atoms with E-state index >= 15 is 0 Å². The van der Waals surface area contributed by atoms with E-state index in [1.807, 2.05) is 30.3 Å². The van der Waals surface area contributed by atoms with Crippen LogP contribution in [0.5, 0.6) is 0 Å². The van der Waals surface area contributed by atoms with Gasteiger partial charge in [0.25, 0.3) is 0 Å². The fourth-order valence-electron chi connectivity index (χ4n) is 4.08. The summed E-state index contributed by atoms with van der Waals surface area (Å²) in [5.74, 6) is 0.679. The molecular weight excluding hydrogens is 330 g/mol. The molecule has 2 aliphatic rings. The van der Waals surface area contributed by atoms with Gasteiger partial charge in [-0.15, -0.1) is 0 Å². The molecule has 4 rings (SSSR count). The van der Waals surface area contributed by atoms with Crippen molar-refractivity contribution in [2.75, 3.05) is 5.32 Å². The molecule has 1 aromatic carbocycles. The third-order valence-electron chi connectivity index (χ3n) is 5.47. The Labute approximate surface area is 152 Å². The molecule has 1 aliphatic carbocycles. The van der Waals surface area contributed by atoms with Crippen molar-refractivity contribution in [1.82, 2.24) is 9.88 Å². The maximum atomic E-state index is 11.9. The molecule has 0 unspecified atom stereocenters. The van der Waals surface area contributed by atoms with E-state index in [0.29, 0.717) is 12.8 Å². The summed E-state index contributed by atoms with van der Waals surface area (Å²) >= 11 is 0. The highest BCUT2D eigenvalue weighted by Gasteiger charge is 2.36. The van der Waals surface area contributed by atoms with Crippen LogP contribution < -0.4 is 5.32 Å². The molecule has 2 aromatic rings. The smallest absolute Gasteiger partial charge is 0.229 e. The molecule has 0 atom stereocenters. The third-order valence-corrected chi connectivity index (χ3v) is 5.47. The van der Waals surface area contributed by atoms with E-state index in [1.165, 1.54) is 4.90 Å². The van der Waals surface area contributed by atoms with Crippen molar-refractivity contribution in [3.8, 4) is 0 Å². The van der Waals surface area contributed by atoms with E-state index < -0.39 is 0 Å². The van der Waals surface area contributed by atoms with Gasteiger partial charge >= 0.3 is 0 Å². The number of nitrogens with one attached hydrogen (secondary N) is 1. The molecule has 6 nitrogen and oxygen atoms in total. The molecule has 1 saturated carbocycles. The monoisotopic (exact) mass is 353 g/mol. The van der Waals surface area contributed by atoms with Gasteiger partial charge in [0.05, 0.1) is 12.1 Å². The molecule has 2 heterocycles. The summed E-state index contributed by atoms with van der Waals surface area (Å²) in [6.45, 7) is -0.0632. The summed E-state index contributed by atoms with van der Waals surface area (Å²) in [5.41, 5.74) is 1.69. The molecule has 1 aliphatic heterocycles. The van der Waals surface area contributed by atoms with Crippen LogP contribution in [0.2, 0.25) is 0 Å². The van der Waals surface area contributed by atoms with Crippen LogP contribution in [0.4, 0.5) is 5.82 Å². The number of fused-ring (bicyclic) bond motifs is 1. The highest BCUT2D eigenvalue weighted by molar-refractivity contribution is 6.02.